The molecule has 44 valence electrons. The number of rotatable bonds is 2. The average molecular weight is 159 g/mol. The molecule has 0 nitrogen and oxygen atoms in total. The first kappa shape index (κ1) is 12.4. The van der Waals surface area contributed by atoms with Crippen LogP contribution in [0.2, 0.25) is 0 Å². The SMILES string of the molecule is CC(C)SC(C)S.[Na+]. The molecule has 0 aromatic rings. The van der Waals surface area contributed by atoms with Crippen molar-refractivity contribution in [2.45, 2.75) is 30.6 Å². The van der Waals surface area contributed by atoms with Gasteiger partial charge in [0.15, 0.2) is 0 Å². The summed E-state index contributed by atoms with van der Waals surface area (Å²) in [7, 11) is 0. The van der Waals surface area contributed by atoms with Gasteiger partial charge >= 0.3 is 29.6 Å². The third-order valence-corrected chi connectivity index (χ3v) is 1.77. The van der Waals surface area contributed by atoms with Gasteiger partial charge in [0.2, 0.25) is 0 Å². The van der Waals surface area contributed by atoms with Gasteiger partial charge in [0.1, 0.15) is 0 Å². The summed E-state index contributed by atoms with van der Waals surface area (Å²) in [6.07, 6.45) is 0. The number of hydrogen-bond donors (Lipinski definition) is 1. The average Bonchev–Trinajstić information content (AvgIpc) is 1.27. The van der Waals surface area contributed by atoms with Gasteiger partial charge in [-0.3, -0.25) is 0 Å². The van der Waals surface area contributed by atoms with Crippen molar-refractivity contribution in [3.8, 4) is 0 Å². The zero-order valence-corrected chi connectivity index (χ0v) is 9.72. The molecule has 0 radical (unpaired) electrons. The van der Waals surface area contributed by atoms with Crippen LogP contribution in [0, 0.1) is 0 Å². The summed E-state index contributed by atoms with van der Waals surface area (Å²) >= 11 is 6.07. The van der Waals surface area contributed by atoms with Gasteiger partial charge in [-0.2, -0.15) is 12.6 Å². The Balaban J connectivity index is 0. The van der Waals surface area contributed by atoms with Crippen LogP contribution < -0.4 is 29.6 Å². The van der Waals surface area contributed by atoms with E-state index in [0.29, 0.717) is 9.83 Å². The van der Waals surface area contributed by atoms with E-state index in [2.05, 4.69) is 33.4 Å². The second-order valence-electron chi connectivity index (χ2n) is 1.78. The fraction of sp³-hybridized carbons (Fsp3) is 1.00. The predicted octanol–water partition coefficient (Wildman–Crippen LogP) is -0.592. The maximum Gasteiger partial charge on any atom is 1.00 e. The Morgan fingerprint density at radius 3 is 1.62 bits per heavy atom. The minimum atomic E-state index is 0. The molecule has 1 unspecified atom stereocenters. The Hall–Kier alpha value is 1.70. The molecule has 8 heavy (non-hydrogen) atoms. The Morgan fingerprint density at radius 2 is 1.62 bits per heavy atom. The van der Waals surface area contributed by atoms with Crippen molar-refractivity contribution in [3.05, 3.63) is 0 Å². The first-order valence-electron chi connectivity index (χ1n) is 2.46. The van der Waals surface area contributed by atoms with E-state index in [9.17, 15) is 0 Å². The molecule has 0 aromatic carbocycles. The Bertz CT molecular complexity index is 39.7. The normalized spacial score (nSPS) is 13.1. The van der Waals surface area contributed by atoms with Gasteiger partial charge in [0, 0.05) is 9.83 Å². The molecule has 0 spiro atoms. The zero-order chi connectivity index (χ0) is 5.86. The van der Waals surface area contributed by atoms with E-state index < -0.39 is 0 Å². The van der Waals surface area contributed by atoms with Crippen molar-refractivity contribution in [2.75, 3.05) is 0 Å². The van der Waals surface area contributed by atoms with Crippen LogP contribution in [-0.2, 0) is 0 Å². The molecule has 0 aromatic heterocycles. The first-order valence-corrected chi connectivity index (χ1v) is 3.92. The quantitative estimate of drug-likeness (QED) is 0.319. The van der Waals surface area contributed by atoms with Gasteiger partial charge in [-0.25, -0.2) is 0 Å². The fourth-order valence-corrected chi connectivity index (χ4v) is 1.91. The Morgan fingerprint density at radius 1 is 1.25 bits per heavy atom. The largest absolute Gasteiger partial charge is 1.00 e. The fourth-order valence-electron chi connectivity index (χ4n) is 0.394. The van der Waals surface area contributed by atoms with Crippen LogP contribution in [0.25, 0.3) is 0 Å². The standard InChI is InChI=1S/C5H12S2.Na/c1-4(2)7-5(3)6;/h4-6H,1-3H3;/q;+1. The van der Waals surface area contributed by atoms with Crippen molar-refractivity contribution in [2.24, 2.45) is 0 Å². The van der Waals surface area contributed by atoms with E-state index in [-0.39, 0.29) is 29.6 Å². The number of thiol groups is 1. The van der Waals surface area contributed by atoms with Crippen LogP contribution in [0.4, 0.5) is 0 Å². The second-order valence-corrected chi connectivity index (χ2v) is 4.83. The van der Waals surface area contributed by atoms with Gasteiger partial charge in [0.25, 0.3) is 0 Å². The van der Waals surface area contributed by atoms with Crippen molar-refractivity contribution in [1.82, 2.24) is 0 Å². The molecule has 0 aliphatic heterocycles. The summed E-state index contributed by atoms with van der Waals surface area (Å²) in [5.41, 5.74) is 0. The molecule has 0 saturated carbocycles. The van der Waals surface area contributed by atoms with Gasteiger partial charge in [-0.1, -0.05) is 13.8 Å². The zero-order valence-electron chi connectivity index (χ0n) is 6.01. The predicted molar refractivity (Wildman–Crippen MR) is 41.2 cm³/mol. The minimum Gasteiger partial charge on any atom is -0.165 e. The summed E-state index contributed by atoms with van der Waals surface area (Å²) in [6, 6.07) is 0. The van der Waals surface area contributed by atoms with Crippen LogP contribution in [-0.4, -0.2) is 9.83 Å². The Labute approximate surface area is 83.9 Å². The van der Waals surface area contributed by atoms with Gasteiger partial charge in [-0.15, -0.1) is 11.8 Å². The molecule has 0 saturated heterocycles. The third-order valence-electron chi connectivity index (χ3n) is 0.469. The van der Waals surface area contributed by atoms with Crippen LogP contribution in [0.1, 0.15) is 20.8 Å². The minimum absolute atomic E-state index is 0. The molecular weight excluding hydrogens is 147 g/mol. The molecule has 0 rings (SSSR count). The van der Waals surface area contributed by atoms with E-state index in [4.69, 9.17) is 0 Å². The van der Waals surface area contributed by atoms with Crippen molar-refractivity contribution in [3.63, 3.8) is 0 Å². The van der Waals surface area contributed by atoms with E-state index in [1.807, 2.05) is 11.8 Å². The maximum absolute atomic E-state index is 4.20. The van der Waals surface area contributed by atoms with Gasteiger partial charge < -0.3 is 0 Å². The summed E-state index contributed by atoms with van der Waals surface area (Å²) in [4.78, 5) is 0. The van der Waals surface area contributed by atoms with E-state index >= 15 is 0 Å². The molecule has 0 aliphatic carbocycles. The van der Waals surface area contributed by atoms with Crippen LogP contribution in [0.5, 0.6) is 0 Å². The molecule has 0 heterocycles. The summed E-state index contributed by atoms with van der Waals surface area (Å²) < 4.78 is 0.486. The van der Waals surface area contributed by atoms with E-state index in [1.165, 1.54) is 0 Å². The molecule has 0 bridgehead atoms. The summed E-state index contributed by atoms with van der Waals surface area (Å²) in [6.45, 7) is 6.45. The molecular formula is C5H12NaS2+. The molecule has 0 fully saturated rings. The van der Waals surface area contributed by atoms with E-state index in [0.717, 1.165) is 0 Å². The Kier molecular flexibility index (Phi) is 10.5. The topological polar surface area (TPSA) is 0 Å². The summed E-state index contributed by atoms with van der Waals surface area (Å²) in [5.74, 6) is 0. The van der Waals surface area contributed by atoms with Crippen LogP contribution in [0.3, 0.4) is 0 Å². The van der Waals surface area contributed by atoms with Crippen LogP contribution >= 0.6 is 24.4 Å². The first-order chi connectivity index (χ1) is 3.13. The number of thioether (sulfide) groups is 1. The van der Waals surface area contributed by atoms with Gasteiger partial charge in [-0.05, 0) is 6.92 Å². The van der Waals surface area contributed by atoms with Crippen molar-refractivity contribution < 1.29 is 29.6 Å². The monoisotopic (exact) mass is 159 g/mol. The van der Waals surface area contributed by atoms with Gasteiger partial charge in [0.05, 0.1) is 0 Å². The third kappa shape index (κ3) is 10.6. The molecule has 0 aliphatic rings. The van der Waals surface area contributed by atoms with Crippen LogP contribution in [0.15, 0.2) is 0 Å². The number of hydrogen-bond acceptors (Lipinski definition) is 2. The second kappa shape index (κ2) is 6.81. The molecule has 0 N–H and O–H groups in total. The van der Waals surface area contributed by atoms with Crippen molar-refractivity contribution >= 4 is 24.4 Å². The molecule has 0 amide bonds. The molecule has 1 atom stereocenters. The van der Waals surface area contributed by atoms with Crippen molar-refractivity contribution in [1.29, 1.82) is 0 Å². The smallest absolute Gasteiger partial charge is 0.165 e. The molecule has 3 heteroatoms. The van der Waals surface area contributed by atoms with E-state index in [1.54, 1.807) is 0 Å². The summed E-state index contributed by atoms with van der Waals surface area (Å²) in [5, 5.41) is 0.715. The maximum atomic E-state index is 4.20.